The van der Waals surface area contributed by atoms with Gasteiger partial charge in [0.05, 0.1) is 0 Å². The Morgan fingerprint density at radius 3 is 2.94 bits per heavy atom. The third kappa shape index (κ3) is 1.57. The highest BCUT2D eigenvalue weighted by Gasteiger charge is 2.12. The van der Waals surface area contributed by atoms with E-state index < -0.39 is 5.97 Å². The summed E-state index contributed by atoms with van der Waals surface area (Å²) < 4.78 is 4.99. The van der Waals surface area contributed by atoms with Gasteiger partial charge in [0.25, 0.3) is 0 Å². The maximum Gasteiger partial charge on any atom is 0.358 e. The molecule has 2 heterocycles. The second-order valence-electron chi connectivity index (χ2n) is 3.66. The van der Waals surface area contributed by atoms with Gasteiger partial charge in [-0.15, -0.1) is 0 Å². The Labute approximate surface area is 95.7 Å². The second kappa shape index (κ2) is 3.48. The van der Waals surface area contributed by atoms with Crippen LogP contribution in [-0.4, -0.2) is 21.2 Å². The molecule has 0 aliphatic rings. The monoisotopic (exact) mass is 228 g/mol. The van der Waals surface area contributed by atoms with Gasteiger partial charge in [0, 0.05) is 23.3 Å². The van der Waals surface area contributed by atoms with E-state index in [-0.39, 0.29) is 5.69 Å². The van der Waals surface area contributed by atoms with Gasteiger partial charge in [-0.05, 0) is 17.5 Å². The Hall–Kier alpha value is -2.56. The number of hydrogen-bond acceptors (Lipinski definition) is 3. The van der Waals surface area contributed by atoms with E-state index in [0.717, 1.165) is 16.5 Å². The van der Waals surface area contributed by atoms with Crippen LogP contribution in [0.15, 0.2) is 41.1 Å². The van der Waals surface area contributed by atoms with Gasteiger partial charge >= 0.3 is 5.97 Å². The van der Waals surface area contributed by atoms with Crippen LogP contribution in [0.3, 0.4) is 0 Å². The van der Waals surface area contributed by atoms with E-state index in [4.69, 9.17) is 9.63 Å². The van der Waals surface area contributed by atoms with Crippen LogP contribution in [-0.2, 0) is 0 Å². The predicted molar refractivity (Wildman–Crippen MR) is 60.8 cm³/mol. The summed E-state index contributed by atoms with van der Waals surface area (Å²) in [5, 5.41) is 13.3. The smallest absolute Gasteiger partial charge is 0.358 e. The number of aromatic nitrogens is 2. The number of benzene rings is 1. The summed E-state index contributed by atoms with van der Waals surface area (Å²) in [5.74, 6) is -0.653. The molecule has 3 rings (SSSR count). The maximum absolute atomic E-state index is 10.7. The van der Waals surface area contributed by atoms with E-state index in [1.807, 2.05) is 30.5 Å². The van der Waals surface area contributed by atoms with Crippen molar-refractivity contribution in [1.82, 2.24) is 10.1 Å². The average Bonchev–Trinajstić information content (AvgIpc) is 2.97. The van der Waals surface area contributed by atoms with E-state index in [0.29, 0.717) is 5.76 Å². The maximum atomic E-state index is 10.7. The van der Waals surface area contributed by atoms with Crippen LogP contribution in [0.5, 0.6) is 0 Å². The van der Waals surface area contributed by atoms with Crippen molar-refractivity contribution in [2.45, 2.75) is 0 Å². The Morgan fingerprint density at radius 1 is 1.29 bits per heavy atom. The number of H-pyrrole nitrogens is 1. The molecule has 17 heavy (non-hydrogen) atoms. The first kappa shape index (κ1) is 9.65. The van der Waals surface area contributed by atoms with Crippen LogP contribution in [0, 0.1) is 0 Å². The Balaban J connectivity index is 2.09. The molecule has 3 aromatic rings. The highest BCUT2D eigenvalue weighted by molar-refractivity contribution is 5.88. The number of carbonyl (C=O) groups is 1. The van der Waals surface area contributed by atoms with Gasteiger partial charge in [-0.1, -0.05) is 17.3 Å². The quantitative estimate of drug-likeness (QED) is 0.706. The number of carboxylic acids is 1. The zero-order chi connectivity index (χ0) is 11.8. The van der Waals surface area contributed by atoms with Gasteiger partial charge < -0.3 is 14.6 Å². The lowest BCUT2D eigenvalue weighted by Crippen LogP contribution is -1.94. The molecule has 1 aromatic carbocycles. The lowest BCUT2D eigenvalue weighted by molar-refractivity contribution is 0.0686. The van der Waals surface area contributed by atoms with Crippen molar-refractivity contribution < 1.29 is 14.4 Å². The lowest BCUT2D eigenvalue weighted by Gasteiger charge is -1.95. The Kier molecular flexibility index (Phi) is 1.98. The van der Waals surface area contributed by atoms with Crippen molar-refractivity contribution in [2.24, 2.45) is 0 Å². The minimum Gasteiger partial charge on any atom is -0.476 e. The van der Waals surface area contributed by atoms with Crippen LogP contribution < -0.4 is 0 Å². The molecule has 0 atom stereocenters. The van der Waals surface area contributed by atoms with Crippen LogP contribution >= 0.6 is 0 Å². The molecule has 5 nitrogen and oxygen atoms in total. The Morgan fingerprint density at radius 2 is 2.18 bits per heavy atom. The molecule has 2 aromatic heterocycles. The summed E-state index contributed by atoms with van der Waals surface area (Å²) in [5.41, 5.74) is 1.67. The first-order valence-corrected chi connectivity index (χ1v) is 5.01. The number of nitrogens with one attached hydrogen (secondary N) is 1. The van der Waals surface area contributed by atoms with Gasteiger partial charge in [-0.2, -0.15) is 0 Å². The van der Waals surface area contributed by atoms with Crippen LogP contribution in [0.4, 0.5) is 0 Å². The van der Waals surface area contributed by atoms with Gasteiger partial charge in [-0.3, -0.25) is 0 Å². The van der Waals surface area contributed by atoms with Crippen molar-refractivity contribution in [3.05, 3.63) is 42.2 Å². The van der Waals surface area contributed by atoms with Crippen LogP contribution in [0.1, 0.15) is 10.5 Å². The zero-order valence-electron chi connectivity index (χ0n) is 8.68. The molecule has 0 saturated carbocycles. The third-order valence-corrected chi connectivity index (χ3v) is 2.57. The van der Waals surface area contributed by atoms with Crippen molar-refractivity contribution in [1.29, 1.82) is 0 Å². The molecular weight excluding hydrogens is 220 g/mol. The van der Waals surface area contributed by atoms with Gasteiger partial charge in [0.1, 0.15) is 0 Å². The van der Waals surface area contributed by atoms with Gasteiger partial charge in [-0.25, -0.2) is 4.79 Å². The normalized spacial score (nSPS) is 10.8. The number of aromatic amines is 1. The fourth-order valence-corrected chi connectivity index (χ4v) is 1.71. The number of rotatable bonds is 2. The van der Waals surface area contributed by atoms with Crippen molar-refractivity contribution in [3.63, 3.8) is 0 Å². The van der Waals surface area contributed by atoms with Crippen molar-refractivity contribution >= 4 is 16.9 Å². The number of nitrogens with zero attached hydrogens (tertiary/aromatic N) is 1. The summed E-state index contributed by atoms with van der Waals surface area (Å²) in [6.07, 6.45) is 1.84. The SMILES string of the molecule is O=C(O)c1cc(-c2ccc3cc[nH]c3c2)on1. The van der Waals surface area contributed by atoms with Crippen LogP contribution in [0.25, 0.3) is 22.2 Å². The van der Waals surface area contributed by atoms with E-state index in [1.165, 1.54) is 6.07 Å². The molecule has 2 N–H and O–H groups in total. The van der Waals surface area contributed by atoms with Crippen molar-refractivity contribution in [3.8, 4) is 11.3 Å². The summed E-state index contributed by atoms with van der Waals surface area (Å²) >= 11 is 0. The highest BCUT2D eigenvalue weighted by Crippen LogP contribution is 2.24. The van der Waals surface area contributed by atoms with E-state index in [1.54, 1.807) is 0 Å². The minimum atomic E-state index is -1.10. The largest absolute Gasteiger partial charge is 0.476 e. The summed E-state index contributed by atoms with van der Waals surface area (Å²) in [6, 6.07) is 9.06. The molecule has 84 valence electrons. The van der Waals surface area contributed by atoms with Crippen LogP contribution in [0.2, 0.25) is 0 Å². The van der Waals surface area contributed by atoms with E-state index >= 15 is 0 Å². The number of carboxylic acid groups (broad SMARTS) is 1. The van der Waals surface area contributed by atoms with Gasteiger partial charge in [0.15, 0.2) is 11.5 Å². The minimum absolute atomic E-state index is 0.0911. The number of aromatic carboxylic acids is 1. The lowest BCUT2D eigenvalue weighted by atomic mass is 10.1. The number of fused-ring (bicyclic) bond motifs is 1. The van der Waals surface area contributed by atoms with E-state index in [2.05, 4.69) is 10.1 Å². The standard InChI is InChI=1S/C12H8N2O3/c15-12(16)10-6-11(17-14-10)8-2-1-7-3-4-13-9(7)5-8/h1-6,13H,(H,15,16). The predicted octanol–water partition coefficient (Wildman–Crippen LogP) is 2.52. The van der Waals surface area contributed by atoms with Gasteiger partial charge in [0.2, 0.25) is 0 Å². The fourth-order valence-electron chi connectivity index (χ4n) is 1.71. The molecule has 0 radical (unpaired) electrons. The van der Waals surface area contributed by atoms with Crippen molar-refractivity contribution in [2.75, 3.05) is 0 Å². The Bertz CT molecular complexity index is 696. The first-order chi connectivity index (χ1) is 8.24. The van der Waals surface area contributed by atoms with E-state index in [9.17, 15) is 4.79 Å². The molecule has 0 saturated heterocycles. The topological polar surface area (TPSA) is 79.1 Å². The molecule has 0 aliphatic carbocycles. The average molecular weight is 228 g/mol. The number of hydrogen-bond donors (Lipinski definition) is 2. The molecule has 0 amide bonds. The summed E-state index contributed by atoms with van der Waals surface area (Å²) in [7, 11) is 0. The first-order valence-electron chi connectivity index (χ1n) is 5.01. The molecule has 0 fully saturated rings. The molecule has 0 bridgehead atoms. The molecule has 0 aliphatic heterocycles. The fraction of sp³-hybridized carbons (Fsp3) is 0. The molecule has 0 unspecified atom stereocenters. The highest BCUT2D eigenvalue weighted by atomic mass is 16.5. The molecule has 0 spiro atoms. The molecule has 5 heteroatoms. The summed E-state index contributed by atoms with van der Waals surface area (Å²) in [6.45, 7) is 0. The summed E-state index contributed by atoms with van der Waals surface area (Å²) in [4.78, 5) is 13.8. The second-order valence-corrected chi connectivity index (χ2v) is 3.66. The zero-order valence-corrected chi connectivity index (χ0v) is 8.68. The molecular formula is C12H8N2O3. The third-order valence-electron chi connectivity index (χ3n) is 2.57.